The molecule has 3 rings (SSSR count). The number of aromatic nitrogens is 1. The SMILES string of the molecule is COc1cccc2c(NCCN(C)c3ccccc3)c(C)cnc12. The lowest BCUT2D eigenvalue weighted by Gasteiger charge is -2.21. The largest absolute Gasteiger partial charge is 0.494 e. The van der Waals surface area contributed by atoms with Gasteiger partial charge in [-0.2, -0.15) is 0 Å². The number of likely N-dealkylation sites (N-methyl/N-ethyl adjacent to an activating group) is 1. The number of hydrogen-bond donors (Lipinski definition) is 1. The molecule has 124 valence electrons. The molecule has 0 saturated heterocycles. The van der Waals surface area contributed by atoms with Crippen LogP contribution < -0.4 is 15.0 Å². The van der Waals surface area contributed by atoms with Gasteiger partial charge in [-0.3, -0.25) is 4.98 Å². The molecule has 0 aliphatic heterocycles. The lowest BCUT2D eigenvalue weighted by Crippen LogP contribution is -2.24. The molecule has 0 saturated carbocycles. The Labute approximate surface area is 143 Å². The number of anilines is 2. The molecular weight excluding hydrogens is 298 g/mol. The molecule has 1 N–H and O–H groups in total. The number of aryl methyl sites for hydroxylation is 1. The number of benzene rings is 2. The van der Waals surface area contributed by atoms with Gasteiger partial charge in [-0.1, -0.05) is 30.3 Å². The maximum Gasteiger partial charge on any atom is 0.145 e. The van der Waals surface area contributed by atoms with E-state index in [2.05, 4.69) is 59.5 Å². The Morgan fingerprint density at radius 2 is 1.88 bits per heavy atom. The summed E-state index contributed by atoms with van der Waals surface area (Å²) in [4.78, 5) is 6.77. The van der Waals surface area contributed by atoms with Crippen LogP contribution in [0, 0.1) is 6.92 Å². The highest BCUT2D eigenvalue weighted by atomic mass is 16.5. The van der Waals surface area contributed by atoms with Crippen molar-refractivity contribution in [1.29, 1.82) is 0 Å². The predicted octanol–water partition coefficient (Wildman–Crippen LogP) is 4.10. The van der Waals surface area contributed by atoms with Crippen molar-refractivity contribution in [2.24, 2.45) is 0 Å². The van der Waals surface area contributed by atoms with Crippen LogP contribution in [0.1, 0.15) is 5.56 Å². The number of ether oxygens (including phenoxy) is 1. The van der Waals surface area contributed by atoms with E-state index in [0.717, 1.165) is 41.0 Å². The minimum absolute atomic E-state index is 0.803. The summed E-state index contributed by atoms with van der Waals surface area (Å²) in [6.45, 7) is 3.84. The quantitative estimate of drug-likeness (QED) is 0.742. The number of fused-ring (bicyclic) bond motifs is 1. The molecule has 0 aliphatic carbocycles. The third-order valence-electron chi connectivity index (χ3n) is 4.22. The zero-order valence-electron chi connectivity index (χ0n) is 14.4. The highest BCUT2D eigenvalue weighted by molar-refractivity contribution is 5.96. The molecule has 1 heterocycles. The van der Waals surface area contributed by atoms with E-state index in [0.29, 0.717) is 0 Å². The first-order chi connectivity index (χ1) is 11.7. The second kappa shape index (κ2) is 7.21. The average Bonchev–Trinajstić information content (AvgIpc) is 2.63. The highest BCUT2D eigenvalue weighted by Crippen LogP contribution is 2.30. The Bertz CT molecular complexity index is 818. The summed E-state index contributed by atoms with van der Waals surface area (Å²) in [6.07, 6.45) is 1.90. The van der Waals surface area contributed by atoms with E-state index in [1.807, 2.05) is 24.4 Å². The molecule has 0 unspecified atom stereocenters. The summed E-state index contributed by atoms with van der Waals surface area (Å²) in [5.41, 5.74) is 4.38. The fourth-order valence-electron chi connectivity index (χ4n) is 2.86. The van der Waals surface area contributed by atoms with Gasteiger partial charge in [0.25, 0.3) is 0 Å². The number of nitrogens with zero attached hydrogens (tertiary/aromatic N) is 2. The number of nitrogens with one attached hydrogen (secondary N) is 1. The van der Waals surface area contributed by atoms with Crippen LogP contribution in [0.25, 0.3) is 10.9 Å². The van der Waals surface area contributed by atoms with Crippen molar-refractivity contribution >= 4 is 22.3 Å². The van der Waals surface area contributed by atoms with E-state index in [-0.39, 0.29) is 0 Å². The molecule has 0 aliphatic rings. The second-order valence-corrected chi connectivity index (χ2v) is 5.86. The zero-order valence-corrected chi connectivity index (χ0v) is 14.4. The van der Waals surface area contributed by atoms with E-state index in [1.54, 1.807) is 7.11 Å². The van der Waals surface area contributed by atoms with Crippen LogP contribution in [0.4, 0.5) is 11.4 Å². The van der Waals surface area contributed by atoms with Gasteiger partial charge < -0.3 is 15.0 Å². The van der Waals surface area contributed by atoms with E-state index in [4.69, 9.17) is 4.74 Å². The normalized spacial score (nSPS) is 10.6. The average molecular weight is 321 g/mol. The Kier molecular flexibility index (Phi) is 4.85. The molecule has 2 aromatic carbocycles. The third-order valence-corrected chi connectivity index (χ3v) is 4.22. The standard InChI is InChI=1S/C20H23N3O/c1-15-14-22-20-17(10-7-11-18(20)24-3)19(15)21-12-13-23(2)16-8-5-4-6-9-16/h4-11,14H,12-13H2,1-3H3,(H,21,22). The van der Waals surface area contributed by atoms with Gasteiger partial charge in [0, 0.05) is 43.1 Å². The Balaban J connectivity index is 1.77. The highest BCUT2D eigenvalue weighted by Gasteiger charge is 2.09. The third kappa shape index (κ3) is 3.27. The first-order valence-electron chi connectivity index (χ1n) is 8.13. The zero-order chi connectivity index (χ0) is 16.9. The summed E-state index contributed by atoms with van der Waals surface area (Å²) in [6, 6.07) is 16.4. The molecule has 4 heteroatoms. The van der Waals surface area contributed by atoms with Gasteiger partial charge in [0.1, 0.15) is 11.3 Å². The van der Waals surface area contributed by atoms with Crippen molar-refractivity contribution in [1.82, 2.24) is 4.98 Å². The number of hydrogen-bond acceptors (Lipinski definition) is 4. The van der Waals surface area contributed by atoms with Crippen LogP contribution in [0.5, 0.6) is 5.75 Å². The Hall–Kier alpha value is -2.75. The number of methoxy groups -OCH3 is 1. The van der Waals surface area contributed by atoms with Crippen LogP contribution in [-0.2, 0) is 0 Å². The number of para-hydroxylation sites is 2. The summed E-state index contributed by atoms with van der Waals surface area (Å²) in [7, 11) is 3.79. The van der Waals surface area contributed by atoms with Crippen LogP contribution >= 0.6 is 0 Å². The lowest BCUT2D eigenvalue weighted by molar-refractivity contribution is 0.419. The van der Waals surface area contributed by atoms with Crippen molar-refractivity contribution in [3.63, 3.8) is 0 Å². The van der Waals surface area contributed by atoms with Crippen molar-refractivity contribution in [2.75, 3.05) is 37.5 Å². The lowest BCUT2D eigenvalue weighted by atomic mass is 10.1. The van der Waals surface area contributed by atoms with Gasteiger partial charge in [-0.15, -0.1) is 0 Å². The summed E-state index contributed by atoms with van der Waals surface area (Å²) in [5, 5.41) is 4.66. The molecule has 24 heavy (non-hydrogen) atoms. The molecule has 0 radical (unpaired) electrons. The molecule has 3 aromatic rings. The van der Waals surface area contributed by atoms with E-state index in [9.17, 15) is 0 Å². The maximum atomic E-state index is 5.42. The van der Waals surface area contributed by atoms with E-state index >= 15 is 0 Å². The van der Waals surface area contributed by atoms with E-state index < -0.39 is 0 Å². The first-order valence-corrected chi connectivity index (χ1v) is 8.13. The molecule has 4 nitrogen and oxygen atoms in total. The summed E-state index contributed by atoms with van der Waals surface area (Å²) < 4.78 is 5.42. The topological polar surface area (TPSA) is 37.4 Å². The van der Waals surface area contributed by atoms with Crippen LogP contribution in [0.2, 0.25) is 0 Å². The van der Waals surface area contributed by atoms with Gasteiger partial charge in [-0.25, -0.2) is 0 Å². The van der Waals surface area contributed by atoms with Crippen LogP contribution in [0.15, 0.2) is 54.7 Å². The fourth-order valence-corrected chi connectivity index (χ4v) is 2.86. The predicted molar refractivity (Wildman–Crippen MR) is 101 cm³/mol. The number of pyridine rings is 1. The molecule has 0 bridgehead atoms. The van der Waals surface area contributed by atoms with Gasteiger partial charge in [0.05, 0.1) is 7.11 Å². The van der Waals surface area contributed by atoms with Gasteiger partial charge >= 0.3 is 0 Å². The van der Waals surface area contributed by atoms with Gasteiger partial charge in [0.2, 0.25) is 0 Å². The monoisotopic (exact) mass is 321 g/mol. The fraction of sp³-hybridized carbons (Fsp3) is 0.250. The summed E-state index contributed by atoms with van der Waals surface area (Å²) in [5.74, 6) is 0.803. The van der Waals surface area contributed by atoms with Gasteiger partial charge in [0.15, 0.2) is 0 Å². The van der Waals surface area contributed by atoms with Crippen LogP contribution in [0.3, 0.4) is 0 Å². The summed E-state index contributed by atoms with van der Waals surface area (Å²) >= 11 is 0. The molecule has 0 amide bonds. The minimum Gasteiger partial charge on any atom is -0.494 e. The smallest absolute Gasteiger partial charge is 0.145 e. The molecule has 0 atom stereocenters. The first kappa shape index (κ1) is 16.1. The molecular formula is C20H23N3O. The Morgan fingerprint density at radius 1 is 1.08 bits per heavy atom. The maximum absolute atomic E-state index is 5.42. The minimum atomic E-state index is 0.803. The second-order valence-electron chi connectivity index (χ2n) is 5.86. The van der Waals surface area contributed by atoms with Crippen molar-refractivity contribution in [2.45, 2.75) is 6.92 Å². The Morgan fingerprint density at radius 3 is 2.62 bits per heavy atom. The van der Waals surface area contributed by atoms with Crippen molar-refractivity contribution < 1.29 is 4.74 Å². The molecule has 1 aromatic heterocycles. The van der Waals surface area contributed by atoms with Crippen molar-refractivity contribution in [3.8, 4) is 5.75 Å². The van der Waals surface area contributed by atoms with Crippen molar-refractivity contribution in [3.05, 3.63) is 60.3 Å². The molecule has 0 fully saturated rings. The van der Waals surface area contributed by atoms with E-state index in [1.165, 1.54) is 5.69 Å². The van der Waals surface area contributed by atoms with Crippen LogP contribution in [-0.4, -0.2) is 32.2 Å². The molecule has 0 spiro atoms. The van der Waals surface area contributed by atoms with Gasteiger partial charge in [-0.05, 0) is 30.7 Å². The number of rotatable bonds is 6.